The van der Waals surface area contributed by atoms with E-state index in [0.717, 1.165) is 28.0 Å². The molecule has 0 saturated carbocycles. The molecule has 0 aliphatic heterocycles. The van der Waals surface area contributed by atoms with Crippen molar-refractivity contribution in [3.63, 3.8) is 0 Å². The van der Waals surface area contributed by atoms with Crippen LogP contribution in [0.25, 0.3) is 22.5 Å². The van der Waals surface area contributed by atoms with Crippen LogP contribution in [0.15, 0.2) is 41.1 Å². The van der Waals surface area contributed by atoms with Crippen molar-refractivity contribution in [2.45, 2.75) is 27.7 Å². The Morgan fingerprint density at radius 1 is 0.923 bits per heavy atom. The number of rotatable bonds is 3. The monoisotopic (exact) mass is 345 g/mol. The first kappa shape index (κ1) is 16.2. The first-order chi connectivity index (χ1) is 12.5. The molecule has 3 aromatic heterocycles. The molecular formula is C20H19N5O. The number of aryl methyl sites for hydroxylation is 4. The van der Waals surface area contributed by atoms with E-state index < -0.39 is 0 Å². The summed E-state index contributed by atoms with van der Waals surface area (Å²) >= 11 is 0. The van der Waals surface area contributed by atoms with Gasteiger partial charge >= 0.3 is 0 Å². The largest absolute Gasteiger partial charge is 0.354 e. The predicted octanol–water partition coefficient (Wildman–Crippen LogP) is 4.66. The summed E-state index contributed by atoms with van der Waals surface area (Å²) in [6.45, 7) is 7.94. The Kier molecular flexibility index (Phi) is 3.88. The molecule has 0 amide bonds. The van der Waals surface area contributed by atoms with Gasteiger partial charge in [0.25, 0.3) is 5.89 Å². The standard InChI is InChI=1S/C20H19N5O/c1-11-5-7-15(9-12(11)2)24-18-16-8-6-13(3)22-19(16)21-10-17(18)20-23-14(4)25-26-20/h5-10H,1-4H3,(H,21,22,24). The van der Waals surface area contributed by atoms with Gasteiger partial charge < -0.3 is 9.84 Å². The van der Waals surface area contributed by atoms with Crippen LogP contribution in [0.2, 0.25) is 0 Å². The van der Waals surface area contributed by atoms with E-state index >= 15 is 0 Å². The van der Waals surface area contributed by atoms with Gasteiger partial charge in [0.05, 0.1) is 11.3 Å². The van der Waals surface area contributed by atoms with Crippen LogP contribution in [-0.2, 0) is 0 Å². The SMILES string of the molecule is Cc1ccc2c(Nc3ccc(C)c(C)c3)c(-c3nc(C)no3)cnc2n1. The number of fused-ring (bicyclic) bond motifs is 1. The van der Waals surface area contributed by atoms with Crippen molar-refractivity contribution >= 4 is 22.4 Å². The molecule has 4 rings (SSSR count). The first-order valence-electron chi connectivity index (χ1n) is 8.42. The second-order valence-electron chi connectivity index (χ2n) is 6.44. The summed E-state index contributed by atoms with van der Waals surface area (Å²) in [5, 5.41) is 8.31. The number of nitrogens with zero attached hydrogens (tertiary/aromatic N) is 4. The number of hydrogen-bond donors (Lipinski definition) is 1. The van der Waals surface area contributed by atoms with Gasteiger partial charge in [0.2, 0.25) is 0 Å². The highest BCUT2D eigenvalue weighted by Crippen LogP contribution is 2.34. The molecule has 0 spiro atoms. The Bertz CT molecular complexity index is 1120. The molecule has 0 saturated heterocycles. The molecule has 0 radical (unpaired) electrons. The molecule has 0 bridgehead atoms. The maximum atomic E-state index is 5.38. The molecule has 6 heteroatoms. The lowest BCUT2D eigenvalue weighted by molar-refractivity contribution is 0.425. The molecule has 0 atom stereocenters. The number of benzene rings is 1. The highest BCUT2D eigenvalue weighted by Gasteiger charge is 2.17. The van der Waals surface area contributed by atoms with E-state index in [9.17, 15) is 0 Å². The second-order valence-corrected chi connectivity index (χ2v) is 6.44. The molecule has 0 unspecified atom stereocenters. The van der Waals surface area contributed by atoms with E-state index in [2.05, 4.69) is 57.5 Å². The molecule has 6 nitrogen and oxygen atoms in total. The minimum atomic E-state index is 0.434. The molecular weight excluding hydrogens is 326 g/mol. The van der Waals surface area contributed by atoms with Gasteiger partial charge in [-0.3, -0.25) is 0 Å². The van der Waals surface area contributed by atoms with Crippen LogP contribution in [0, 0.1) is 27.7 Å². The number of pyridine rings is 2. The van der Waals surface area contributed by atoms with Crippen molar-refractivity contribution in [2.75, 3.05) is 5.32 Å². The molecule has 4 aromatic rings. The third-order valence-corrected chi connectivity index (χ3v) is 4.40. The molecule has 0 fully saturated rings. The summed E-state index contributed by atoms with van der Waals surface area (Å²) in [6.07, 6.45) is 1.73. The van der Waals surface area contributed by atoms with Gasteiger partial charge in [0.1, 0.15) is 0 Å². The minimum absolute atomic E-state index is 0.434. The predicted molar refractivity (Wildman–Crippen MR) is 102 cm³/mol. The lowest BCUT2D eigenvalue weighted by Gasteiger charge is -2.14. The fourth-order valence-corrected chi connectivity index (χ4v) is 2.84. The van der Waals surface area contributed by atoms with Crippen LogP contribution >= 0.6 is 0 Å². The van der Waals surface area contributed by atoms with Crippen LogP contribution in [0.3, 0.4) is 0 Å². The first-order valence-corrected chi connectivity index (χ1v) is 8.42. The van der Waals surface area contributed by atoms with Crippen molar-refractivity contribution in [1.82, 2.24) is 20.1 Å². The van der Waals surface area contributed by atoms with Crippen molar-refractivity contribution in [2.24, 2.45) is 0 Å². The van der Waals surface area contributed by atoms with Gasteiger partial charge in [-0.05, 0) is 63.1 Å². The molecule has 130 valence electrons. The Balaban J connectivity index is 1.92. The summed E-state index contributed by atoms with van der Waals surface area (Å²) in [5.74, 6) is 1.02. The van der Waals surface area contributed by atoms with Crippen LogP contribution in [-0.4, -0.2) is 20.1 Å². The number of anilines is 2. The zero-order valence-corrected chi connectivity index (χ0v) is 15.2. The number of aromatic nitrogens is 4. The van der Waals surface area contributed by atoms with Gasteiger partial charge in [-0.15, -0.1) is 0 Å². The summed E-state index contributed by atoms with van der Waals surface area (Å²) in [7, 11) is 0. The van der Waals surface area contributed by atoms with Crippen molar-refractivity contribution in [3.8, 4) is 11.5 Å². The smallest absolute Gasteiger partial charge is 0.261 e. The van der Waals surface area contributed by atoms with Gasteiger partial charge in [0, 0.05) is 23.0 Å². The Morgan fingerprint density at radius 2 is 1.77 bits per heavy atom. The van der Waals surface area contributed by atoms with Crippen LogP contribution in [0.4, 0.5) is 11.4 Å². The molecule has 1 N–H and O–H groups in total. The van der Waals surface area contributed by atoms with Crippen molar-refractivity contribution in [1.29, 1.82) is 0 Å². The quantitative estimate of drug-likeness (QED) is 0.582. The maximum absolute atomic E-state index is 5.38. The molecule has 0 aliphatic rings. The zero-order valence-electron chi connectivity index (χ0n) is 15.2. The van der Waals surface area contributed by atoms with E-state index in [1.54, 1.807) is 13.1 Å². The molecule has 1 aromatic carbocycles. The Hall–Kier alpha value is -3.28. The average Bonchev–Trinajstić information content (AvgIpc) is 3.04. The van der Waals surface area contributed by atoms with E-state index in [4.69, 9.17) is 4.52 Å². The van der Waals surface area contributed by atoms with Gasteiger partial charge in [-0.1, -0.05) is 11.2 Å². The maximum Gasteiger partial charge on any atom is 0.261 e. The van der Waals surface area contributed by atoms with Gasteiger partial charge in [0.15, 0.2) is 11.5 Å². The zero-order chi connectivity index (χ0) is 18.3. The Morgan fingerprint density at radius 3 is 2.50 bits per heavy atom. The molecule has 3 heterocycles. The fourth-order valence-electron chi connectivity index (χ4n) is 2.84. The Labute approximate surface area is 151 Å². The minimum Gasteiger partial charge on any atom is -0.354 e. The third kappa shape index (κ3) is 2.90. The third-order valence-electron chi connectivity index (χ3n) is 4.40. The number of hydrogen-bond acceptors (Lipinski definition) is 6. The molecule has 0 aliphatic carbocycles. The van der Waals surface area contributed by atoms with Crippen LogP contribution in [0.1, 0.15) is 22.6 Å². The normalized spacial score (nSPS) is 11.1. The number of nitrogens with one attached hydrogen (secondary N) is 1. The van der Waals surface area contributed by atoms with Crippen LogP contribution in [0.5, 0.6) is 0 Å². The van der Waals surface area contributed by atoms with Crippen molar-refractivity contribution < 1.29 is 4.52 Å². The topological polar surface area (TPSA) is 76.7 Å². The summed E-state index contributed by atoms with van der Waals surface area (Å²) in [6, 6.07) is 10.3. The lowest BCUT2D eigenvalue weighted by atomic mass is 10.1. The fraction of sp³-hybridized carbons (Fsp3) is 0.200. The van der Waals surface area contributed by atoms with Gasteiger partial charge in [-0.2, -0.15) is 4.98 Å². The summed E-state index contributed by atoms with van der Waals surface area (Å²) < 4.78 is 5.38. The van der Waals surface area contributed by atoms with Gasteiger partial charge in [-0.25, -0.2) is 9.97 Å². The van der Waals surface area contributed by atoms with E-state index in [1.165, 1.54) is 11.1 Å². The highest BCUT2D eigenvalue weighted by atomic mass is 16.5. The average molecular weight is 345 g/mol. The molecule has 26 heavy (non-hydrogen) atoms. The van der Waals surface area contributed by atoms with Crippen LogP contribution < -0.4 is 5.32 Å². The van der Waals surface area contributed by atoms with E-state index in [0.29, 0.717) is 17.4 Å². The highest BCUT2D eigenvalue weighted by molar-refractivity contribution is 5.98. The summed E-state index contributed by atoms with van der Waals surface area (Å²) in [4.78, 5) is 13.4. The lowest BCUT2D eigenvalue weighted by Crippen LogP contribution is -1.99. The van der Waals surface area contributed by atoms with Crippen molar-refractivity contribution in [3.05, 3.63) is 59.2 Å². The van der Waals surface area contributed by atoms with E-state index in [1.807, 2.05) is 19.1 Å². The summed E-state index contributed by atoms with van der Waals surface area (Å²) in [5.41, 5.74) is 6.66. The van der Waals surface area contributed by atoms with E-state index in [-0.39, 0.29) is 0 Å². The second kappa shape index (κ2) is 6.22.